The summed E-state index contributed by atoms with van der Waals surface area (Å²) in [5, 5.41) is 0. The van der Waals surface area contributed by atoms with Crippen LogP contribution in [0, 0.1) is 0 Å². The van der Waals surface area contributed by atoms with Crippen LogP contribution in [0.4, 0.5) is 0 Å². The number of nitrogens with zero attached hydrogens (tertiary/aromatic N) is 2. The summed E-state index contributed by atoms with van der Waals surface area (Å²) in [4.78, 5) is 10.7. The van der Waals surface area contributed by atoms with Crippen LogP contribution in [0.3, 0.4) is 0 Å². The second-order valence-electron chi connectivity index (χ2n) is 14.8. The molecule has 0 N–H and O–H groups in total. The van der Waals surface area contributed by atoms with Crippen molar-refractivity contribution < 1.29 is 0 Å². The van der Waals surface area contributed by atoms with E-state index in [1.807, 2.05) is 18.2 Å². The zero-order valence-electron chi connectivity index (χ0n) is 33.0. The van der Waals surface area contributed by atoms with E-state index in [1.54, 1.807) is 0 Å². The summed E-state index contributed by atoms with van der Waals surface area (Å²) in [7, 11) is 0. The quantitative estimate of drug-likeness (QED) is 0.146. The third-order valence-corrected chi connectivity index (χ3v) is 11.1. The van der Waals surface area contributed by atoms with Crippen molar-refractivity contribution in [1.29, 1.82) is 0 Å². The van der Waals surface area contributed by atoms with Gasteiger partial charge in [-0.3, -0.25) is 0 Å². The van der Waals surface area contributed by atoms with Crippen molar-refractivity contribution in [2.45, 2.75) is 0 Å². The summed E-state index contributed by atoms with van der Waals surface area (Å²) in [6.45, 7) is 0. The molecule has 2 nitrogen and oxygen atoms in total. The Morgan fingerprint density at radius 1 is 0.200 bits per heavy atom. The number of benzene rings is 9. The van der Waals surface area contributed by atoms with E-state index in [2.05, 4.69) is 224 Å². The molecule has 0 aliphatic heterocycles. The van der Waals surface area contributed by atoms with Crippen molar-refractivity contribution in [1.82, 2.24) is 9.97 Å². The van der Waals surface area contributed by atoms with Crippen LogP contribution >= 0.6 is 0 Å². The van der Waals surface area contributed by atoms with Gasteiger partial charge in [0.2, 0.25) is 0 Å². The highest BCUT2D eigenvalue weighted by molar-refractivity contribution is 6.08. The highest BCUT2D eigenvalue weighted by Gasteiger charge is 2.25. The van der Waals surface area contributed by atoms with E-state index >= 15 is 0 Å². The molecule has 282 valence electrons. The molecule has 0 aliphatic rings. The first kappa shape index (κ1) is 36.4. The van der Waals surface area contributed by atoms with Crippen molar-refractivity contribution in [3.05, 3.63) is 243 Å². The highest BCUT2D eigenvalue weighted by Crippen LogP contribution is 2.51. The Hall–Kier alpha value is -7.94. The maximum atomic E-state index is 5.41. The molecule has 0 fully saturated rings. The molecular weight excluding hydrogens is 725 g/mol. The van der Waals surface area contributed by atoms with E-state index in [0.29, 0.717) is 5.82 Å². The first-order valence-electron chi connectivity index (χ1n) is 20.4. The van der Waals surface area contributed by atoms with Crippen LogP contribution in [0.25, 0.3) is 101 Å². The standard InChI is InChI=1S/C58H40N2/c1-7-23-41(24-8-1)47-35-19-21-37-49(47)53-40-54(60-58(59-53)46-33-17-6-18-34-46)50-38-22-20-36-48(50)52-39-51(42-25-9-2-10-26-42)55(43-27-11-3-12-28-43)57(45-31-15-5-16-32-45)56(52)44-29-13-4-14-30-44/h1-40H. The maximum absolute atomic E-state index is 5.41. The number of aromatic nitrogens is 2. The number of rotatable bonds is 9. The molecule has 1 heterocycles. The van der Waals surface area contributed by atoms with Crippen LogP contribution in [-0.4, -0.2) is 9.97 Å². The molecule has 0 unspecified atom stereocenters. The van der Waals surface area contributed by atoms with Crippen molar-refractivity contribution in [2.24, 2.45) is 0 Å². The van der Waals surface area contributed by atoms with E-state index in [9.17, 15) is 0 Å². The van der Waals surface area contributed by atoms with E-state index in [-0.39, 0.29) is 0 Å². The van der Waals surface area contributed by atoms with E-state index in [1.165, 1.54) is 16.7 Å². The van der Waals surface area contributed by atoms with Gasteiger partial charge < -0.3 is 0 Å². The highest BCUT2D eigenvalue weighted by atomic mass is 14.9. The average Bonchev–Trinajstić information content (AvgIpc) is 3.35. The Kier molecular flexibility index (Phi) is 10.0. The average molecular weight is 765 g/mol. The molecule has 60 heavy (non-hydrogen) atoms. The minimum atomic E-state index is 0.679. The van der Waals surface area contributed by atoms with Gasteiger partial charge in [0.1, 0.15) is 0 Å². The summed E-state index contributed by atoms with van der Waals surface area (Å²) < 4.78 is 0. The Labute approximate surface area is 351 Å². The predicted molar refractivity (Wildman–Crippen MR) is 251 cm³/mol. The summed E-state index contributed by atoms with van der Waals surface area (Å²) >= 11 is 0. The van der Waals surface area contributed by atoms with Gasteiger partial charge >= 0.3 is 0 Å². The normalized spacial score (nSPS) is 11.0. The van der Waals surface area contributed by atoms with Gasteiger partial charge in [0.15, 0.2) is 5.82 Å². The van der Waals surface area contributed by atoms with Gasteiger partial charge in [-0.1, -0.05) is 231 Å². The molecule has 0 aliphatic carbocycles. The van der Waals surface area contributed by atoms with Gasteiger partial charge in [0.25, 0.3) is 0 Å². The summed E-state index contributed by atoms with van der Waals surface area (Å²) in [5.74, 6) is 0.679. The zero-order chi connectivity index (χ0) is 40.1. The molecule has 9 aromatic carbocycles. The minimum absolute atomic E-state index is 0.679. The lowest BCUT2D eigenvalue weighted by Gasteiger charge is -2.25. The molecule has 0 spiro atoms. The lowest BCUT2D eigenvalue weighted by Crippen LogP contribution is -2.00. The summed E-state index contributed by atoms with van der Waals surface area (Å²) in [5.41, 5.74) is 18.6. The monoisotopic (exact) mass is 764 g/mol. The van der Waals surface area contributed by atoms with Crippen LogP contribution in [0.2, 0.25) is 0 Å². The van der Waals surface area contributed by atoms with E-state index in [0.717, 1.165) is 78.1 Å². The van der Waals surface area contributed by atoms with Gasteiger partial charge in [0.05, 0.1) is 11.4 Å². The fourth-order valence-electron chi connectivity index (χ4n) is 8.40. The Morgan fingerprint density at radius 2 is 0.517 bits per heavy atom. The molecule has 10 rings (SSSR count). The van der Waals surface area contributed by atoms with Gasteiger partial charge in [-0.25, -0.2) is 9.97 Å². The fraction of sp³-hybridized carbons (Fsp3) is 0. The number of hydrogen-bond acceptors (Lipinski definition) is 2. The van der Waals surface area contributed by atoms with Gasteiger partial charge in [-0.05, 0) is 78.9 Å². The third kappa shape index (κ3) is 7.12. The third-order valence-electron chi connectivity index (χ3n) is 11.1. The molecule has 0 atom stereocenters. The molecule has 0 radical (unpaired) electrons. The Balaban J connectivity index is 1.31. The minimum Gasteiger partial charge on any atom is -0.228 e. The Bertz CT molecular complexity index is 3040. The topological polar surface area (TPSA) is 25.8 Å². The number of hydrogen-bond donors (Lipinski definition) is 0. The first-order chi connectivity index (χ1) is 29.8. The SMILES string of the molecule is c1ccc(-c2nc(-c3ccccc3-c3ccccc3)cc(-c3ccccc3-c3cc(-c4ccccc4)c(-c4ccccc4)c(-c4ccccc4)c3-c3ccccc3)n2)cc1. The molecule has 0 bridgehead atoms. The van der Waals surface area contributed by atoms with Crippen molar-refractivity contribution >= 4 is 0 Å². The van der Waals surface area contributed by atoms with Crippen molar-refractivity contribution in [2.75, 3.05) is 0 Å². The van der Waals surface area contributed by atoms with Gasteiger partial charge in [-0.2, -0.15) is 0 Å². The molecule has 2 heteroatoms. The van der Waals surface area contributed by atoms with Crippen LogP contribution in [0.15, 0.2) is 243 Å². The van der Waals surface area contributed by atoms with Gasteiger partial charge in [0, 0.05) is 16.7 Å². The Morgan fingerprint density at radius 3 is 0.983 bits per heavy atom. The lowest BCUT2D eigenvalue weighted by molar-refractivity contribution is 1.18. The molecule has 10 aromatic rings. The molecule has 0 saturated heterocycles. The summed E-state index contributed by atoms with van der Waals surface area (Å²) in [6, 6.07) is 86.1. The zero-order valence-corrected chi connectivity index (χ0v) is 33.0. The second kappa shape index (κ2) is 16.5. The lowest BCUT2D eigenvalue weighted by atomic mass is 9.78. The van der Waals surface area contributed by atoms with Crippen LogP contribution in [0.1, 0.15) is 0 Å². The smallest absolute Gasteiger partial charge is 0.160 e. The molecular formula is C58H40N2. The maximum Gasteiger partial charge on any atom is 0.160 e. The molecule has 0 amide bonds. The van der Waals surface area contributed by atoms with Crippen LogP contribution < -0.4 is 0 Å². The van der Waals surface area contributed by atoms with Gasteiger partial charge in [-0.15, -0.1) is 0 Å². The van der Waals surface area contributed by atoms with E-state index < -0.39 is 0 Å². The molecule has 0 saturated carbocycles. The summed E-state index contributed by atoms with van der Waals surface area (Å²) in [6.07, 6.45) is 0. The largest absolute Gasteiger partial charge is 0.228 e. The van der Waals surface area contributed by atoms with Crippen LogP contribution in [-0.2, 0) is 0 Å². The molecule has 1 aromatic heterocycles. The van der Waals surface area contributed by atoms with Crippen LogP contribution in [0.5, 0.6) is 0 Å². The first-order valence-corrected chi connectivity index (χ1v) is 20.4. The predicted octanol–water partition coefficient (Wildman–Crippen LogP) is 15.5. The van der Waals surface area contributed by atoms with Crippen molar-refractivity contribution in [3.63, 3.8) is 0 Å². The van der Waals surface area contributed by atoms with E-state index in [4.69, 9.17) is 9.97 Å². The fourth-order valence-corrected chi connectivity index (χ4v) is 8.40. The van der Waals surface area contributed by atoms with Crippen molar-refractivity contribution in [3.8, 4) is 101 Å². The second-order valence-corrected chi connectivity index (χ2v) is 14.8.